The number of nitrogens with two attached hydrogens (primary N) is 1. The minimum Gasteiger partial charge on any atom is -0.508 e. The van der Waals surface area contributed by atoms with E-state index in [9.17, 15) is 5.11 Å². The molecule has 2 nitrogen and oxygen atoms in total. The third-order valence-electron chi connectivity index (χ3n) is 3.59. The van der Waals surface area contributed by atoms with Crippen molar-refractivity contribution < 1.29 is 5.11 Å². The van der Waals surface area contributed by atoms with Crippen molar-refractivity contribution in [3.8, 4) is 5.75 Å². The molecule has 14 heavy (non-hydrogen) atoms. The van der Waals surface area contributed by atoms with E-state index in [1.54, 1.807) is 12.1 Å². The molecule has 1 aliphatic rings. The quantitative estimate of drug-likeness (QED) is 0.767. The standard InChI is InChI=1S/C12H17NO/c1-2-12(7-10(12)8-13)9-3-5-11(14)6-4-9/h3-6,10,14H,2,7-8,13H2,1H3/t10-,12?/m0/s1. The largest absolute Gasteiger partial charge is 0.508 e. The van der Waals surface area contributed by atoms with Gasteiger partial charge in [0, 0.05) is 0 Å². The molecule has 0 amide bonds. The van der Waals surface area contributed by atoms with E-state index in [1.165, 1.54) is 12.0 Å². The topological polar surface area (TPSA) is 46.2 Å². The Labute approximate surface area is 84.7 Å². The maximum absolute atomic E-state index is 9.21. The van der Waals surface area contributed by atoms with Gasteiger partial charge in [0.05, 0.1) is 0 Å². The van der Waals surface area contributed by atoms with E-state index in [0.717, 1.165) is 13.0 Å². The number of hydrogen-bond donors (Lipinski definition) is 2. The summed E-state index contributed by atoms with van der Waals surface area (Å²) in [7, 11) is 0. The maximum atomic E-state index is 9.21. The van der Waals surface area contributed by atoms with Gasteiger partial charge in [-0.2, -0.15) is 0 Å². The molecule has 2 atom stereocenters. The Bertz CT molecular complexity index is 320. The van der Waals surface area contributed by atoms with Crippen LogP contribution in [0.4, 0.5) is 0 Å². The van der Waals surface area contributed by atoms with Gasteiger partial charge in [0.15, 0.2) is 0 Å². The average Bonchev–Trinajstić information content (AvgIpc) is 2.94. The Hall–Kier alpha value is -1.02. The summed E-state index contributed by atoms with van der Waals surface area (Å²) in [5, 5.41) is 9.21. The highest BCUT2D eigenvalue weighted by atomic mass is 16.3. The summed E-state index contributed by atoms with van der Waals surface area (Å²) in [6.07, 6.45) is 2.34. The van der Waals surface area contributed by atoms with Gasteiger partial charge >= 0.3 is 0 Å². The lowest BCUT2D eigenvalue weighted by Gasteiger charge is -2.15. The first-order valence-electron chi connectivity index (χ1n) is 5.22. The first-order valence-corrected chi connectivity index (χ1v) is 5.22. The third-order valence-corrected chi connectivity index (χ3v) is 3.59. The van der Waals surface area contributed by atoms with Gasteiger partial charge < -0.3 is 10.8 Å². The van der Waals surface area contributed by atoms with Crippen LogP contribution in [0.2, 0.25) is 0 Å². The number of aromatic hydroxyl groups is 1. The van der Waals surface area contributed by atoms with Gasteiger partial charge in [-0.15, -0.1) is 0 Å². The molecule has 0 saturated heterocycles. The first kappa shape index (κ1) is 9.53. The normalized spacial score (nSPS) is 30.3. The van der Waals surface area contributed by atoms with Crippen molar-refractivity contribution in [3.05, 3.63) is 29.8 Å². The van der Waals surface area contributed by atoms with E-state index in [0.29, 0.717) is 17.1 Å². The van der Waals surface area contributed by atoms with Gasteiger partial charge in [-0.1, -0.05) is 19.1 Å². The molecule has 0 aromatic heterocycles. The van der Waals surface area contributed by atoms with E-state index in [4.69, 9.17) is 5.73 Å². The van der Waals surface area contributed by atoms with E-state index in [2.05, 4.69) is 6.92 Å². The highest BCUT2D eigenvalue weighted by Crippen LogP contribution is 2.56. The average molecular weight is 191 g/mol. The SMILES string of the molecule is CCC1(c2ccc(O)cc2)C[C@H]1CN. The lowest BCUT2D eigenvalue weighted by Crippen LogP contribution is -2.14. The third kappa shape index (κ3) is 1.30. The second kappa shape index (κ2) is 3.28. The number of phenolic OH excluding ortho intramolecular Hbond substituents is 1. The van der Waals surface area contributed by atoms with Crippen LogP contribution in [0.5, 0.6) is 5.75 Å². The van der Waals surface area contributed by atoms with Crippen LogP contribution in [0.3, 0.4) is 0 Å². The summed E-state index contributed by atoms with van der Waals surface area (Å²) >= 11 is 0. The van der Waals surface area contributed by atoms with Gasteiger partial charge in [0.25, 0.3) is 0 Å². The highest BCUT2D eigenvalue weighted by Gasteiger charge is 2.52. The predicted octanol–water partition coefficient (Wildman–Crippen LogP) is 2.02. The van der Waals surface area contributed by atoms with Crippen LogP contribution in [0.15, 0.2) is 24.3 Å². The second-order valence-electron chi connectivity index (χ2n) is 4.19. The second-order valence-corrected chi connectivity index (χ2v) is 4.19. The van der Waals surface area contributed by atoms with Crippen LogP contribution < -0.4 is 5.73 Å². The molecule has 0 bridgehead atoms. The number of rotatable bonds is 3. The monoisotopic (exact) mass is 191 g/mol. The fraction of sp³-hybridized carbons (Fsp3) is 0.500. The number of phenols is 1. The van der Waals surface area contributed by atoms with Crippen LogP contribution in [-0.2, 0) is 5.41 Å². The van der Waals surface area contributed by atoms with E-state index < -0.39 is 0 Å². The Morgan fingerprint density at radius 3 is 2.50 bits per heavy atom. The minimum atomic E-state index is 0.308. The lowest BCUT2D eigenvalue weighted by molar-refractivity contribution is 0.474. The predicted molar refractivity (Wildman–Crippen MR) is 57.2 cm³/mol. The molecular formula is C12H17NO. The molecule has 0 radical (unpaired) electrons. The molecule has 1 aromatic carbocycles. The summed E-state index contributed by atoms with van der Waals surface area (Å²) in [6.45, 7) is 2.98. The highest BCUT2D eigenvalue weighted by molar-refractivity contribution is 5.37. The first-order chi connectivity index (χ1) is 6.73. The molecule has 76 valence electrons. The maximum Gasteiger partial charge on any atom is 0.115 e. The Morgan fingerprint density at radius 2 is 2.07 bits per heavy atom. The molecule has 1 fully saturated rings. The van der Waals surface area contributed by atoms with Gasteiger partial charge in [-0.25, -0.2) is 0 Å². The molecular weight excluding hydrogens is 174 g/mol. The van der Waals surface area contributed by atoms with Crippen LogP contribution in [-0.4, -0.2) is 11.7 Å². The fourth-order valence-electron chi connectivity index (χ4n) is 2.47. The van der Waals surface area contributed by atoms with Crippen molar-refractivity contribution in [2.75, 3.05) is 6.54 Å². The van der Waals surface area contributed by atoms with Crippen LogP contribution in [0.25, 0.3) is 0 Å². The molecule has 2 rings (SSSR count). The molecule has 1 aliphatic carbocycles. The van der Waals surface area contributed by atoms with E-state index in [1.807, 2.05) is 12.1 Å². The molecule has 1 aromatic rings. The van der Waals surface area contributed by atoms with Crippen molar-refractivity contribution in [2.24, 2.45) is 11.7 Å². The van der Waals surface area contributed by atoms with E-state index in [-0.39, 0.29) is 0 Å². The van der Waals surface area contributed by atoms with Crippen LogP contribution in [0, 0.1) is 5.92 Å². The minimum absolute atomic E-state index is 0.308. The summed E-state index contributed by atoms with van der Waals surface area (Å²) in [4.78, 5) is 0. The molecule has 0 aliphatic heterocycles. The molecule has 0 spiro atoms. The summed E-state index contributed by atoms with van der Waals surface area (Å²) in [5.41, 5.74) is 7.34. The summed E-state index contributed by atoms with van der Waals surface area (Å²) in [6, 6.07) is 7.57. The van der Waals surface area contributed by atoms with E-state index >= 15 is 0 Å². The van der Waals surface area contributed by atoms with Crippen molar-refractivity contribution in [3.63, 3.8) is 0 Å². The summed E-state index contributed by atoms with van der Waals surface area (Å²) in [5.74, 6) is 0.974. The molecule has 3 N–H and O–H groups in total. The van der Waals surface area contributed by atoms with Gasteiger partial charge in [0.2, 0.25) is 0 Å². The van der Waals surface area contributed by atoms with Crippen molar-refractivity contribution in [1.29, 1.82) is 0 Å². The van der Waals surface area contributed by atoms with Crippen LogP contribution >= 0.6 is 0 Å². The number of benzene rings is 1. The van der Waals surface area contributed by atoms with Gasteiger partial charge in [0.1, 0.15) is 5.75 Å². The molecule has 0 heterocycles. The Balaban J connectivity index is 2.26. The number of hydrogen-bond acceptors (Lipinski definition) is 2. The smallest absolute Gasteiger partial charge is 0.115 e. The fourth-order valence-corrected chi connectivity index (χ4v) is 2.47. The zero-order valence-electron chi connectivity index (χ0n) is 8.53. The Morgan fingerprint density at radius 1 is 1.43 bits per heavy atom. The molecule has 1 saturated carbocycles. The molecule has 1 unspecified atom stereocenters. The lowest BCUT2D eigenvalue weighted by atomic mass is 9.90. The van der Waals surface area contributed by atoms with Crippen molar-refractivity contribution >= 4 is 0 Å². The van der Waals surface area contributed by atoms with Crippen molar-refractivity contribution in [2.45, 2.75) is 25.2 Å². The van der Waals surface area contributed by atoms with Crippen LogP contribution in [0.1, 0.15) is 25.3 Å². The van der Waals surface area contributed by atoms with Crippen molar-refractivity contribution in [1.82, 2.24) is 0 Å². The van der Waals surface area contributed by atoms with Gasteiger partial charge in [-0.05, 0) is 48.4 Å². The zero-order chi connectivity index (χ0) is 10.2. The molecule has 2 heteroatoms. The zero-order valence-corrected chi connectivity index (χ0v) is 8.53. The summed E-state index contributed by atoms with van der Waals surface area (Å²) < 4.78 is 0. The van der Waals surface area contributed by atoms with Gasteiger partial charge in [-0.3, -0.25) is 0 Å². The Kier molecular flexibility index (Phi) is 2.23.